The molecule has 114 valence electrons. The van der Waals surface area contributed by atoms with E-state index in [2.05, 4.69) is 5.32 Å². The standard InChI is InChI=1S/C16H21FN2O2/c1-4-5-13-16(21)19(12-8-6-11(17)7-9-12)14(10(2)3)15(20)18-13/h6-10,13-14H,4-5H2,1-3H3,(H,18,20). The normalized spacial score (nSPS) is 22.6. The lowest BCUT2D eigenvalue weighted by atomic mass is 9.95. The molecule has 0 bridgehead atoms. The van der Waals surface area contributed by atoms with E-state index in [1.807, 2.05) is 20.8 Å². The van der Waals surface area contributed by atoms with Crippen LogP contribution in [-0.4, -0.2) is 23.9 Å². The molecule has 5 heteroatoms. The molecule has 2 atom stereocenters. The maximum atomic E-state index is 13.1. The van der Waals surface area contributed by atoms with Crippen molar-refractivity contribution in [1.82, 2.24) is 5.32 Å². The Morgan fingerprint density at radius 1 is 1.24 bits per heavy atom. The second kappa shape index (κ2) is 6.24. The van der Waals surface area contributed by atoms with Crippen LogP contribution in [0.3, 0.4) is 0 Å². The van der Waals surface area contributed by atoms with Gasteiger partial charge in [-0.15, -0.1) is 0 Å². The van der Waals surface area contributed by atoms with Crippen molar-refractivity contribution in [2.75, 3.05) is 4.90 Å². The molecule has 1 aromatic carbocycles. The minimum Gasteiger partial charge on any atom is -0.342 e. The summed E-state index contributed by atoms with van der Waals surface area (Å²) in [5.41, 5.74) is 0.566. The Balaban J connectivity index is 2.40. The number of benzene rings is 1. The van der Waals surface area contributed by atoms with Gasteiger partial charge >= 0.3 is 0 Å². The lowest BCUT2D eigenvalue weighted by Crippen LogP contribution is -2.65. The summed E-state index contributed by atoms with van der Waals surface area (Å²) in [4.78, 5) is 26.5. The molecule has 2 unspecified atom stereocenters. The van der Waals surface area contributed by atoms with Gasteiger partial charge in [-0.05, 0) is 36.6 Å². The number of amides is 2. The molecule has 1 N–H and O–H groups in total. The molecular weight excluding hydrogens is 271 g/mol. The van der Waals surface area contributed by atoms with Crippen LogP contribution in [0.5, 0.6) is 0 Å². The Hall–Kier alpha value is -1.91. The van der Waals surface area contributed by atoms with Crippen molar-refractivity contribution in [2.45, 2.75) is 45.7 Å². The van der Waals surface area contributed by atoms with Crippen molar-refractivity contribution in [3.05, 3.63) is 30.1 Å². The minimum atomic E-state index is -0.559. The SMILES string of the molecule is CCCC1NC(=O)C(C(C)C)N(c2ccc(F)cc2)C1=O. The molecule has 0 saturated carbocycles. The number of hydrogen-bond acceptors (Lipinski definition) is 2. The number of nitrogens with zero attached hydrogens (tertiary/aromatic N) is 1. The Kier molecular flexibility index (Phi) is 4.60. The third kappa shape index (κ3) is 3.06. The van der Waals surface area contributed by atoms with Crippen LogP contribution in [-0.2, 0) is 9.59 Å². The van der Waals surface area contributed by atoms with Crippen LogP contribution in [0.25, 0.3) is 0 Å². The average molecular weight is 292 g/mol. The van der Waals surface area contributed by atoms with Gasteiger partial charge in [0.15, 0.2) is 0 Å². The summed E-state index contributed by atoms with van der Waals surface area (Å²) in [6.45, 7) is 5.76. The summed E-state index contributed by atoms with van der Waals surface area (Å²) >= 11 is 0. The molecule has 1 aliphatic rings. The van der Waals surface area contributed by atoms with E-state index in [4.69, 9.17) is 0 Å². The molecule has 1 aliphatic heterocycles. The van der Waals surface area contributed by atoms with Gasteiger partial charge < -0.3 is 5.32 Å². The first-order valence-corrected chi connectivity index (χ1v) is 7.34. The molecule has 0 spiro atoms. The van der Waals surface area contributed by atoms with Crippen LogP contribution in [0.4, 0.5) is 10.1 Å². The van der Waals surface area contributed by atoms with E-state index in [1.165, 1.54) is 17.0 Å². The number of carbonyl (C=O) groups excluding carboxylic acids is 2. The Labute approximate surface area is 124 Å². The quantitative estimate of drug-likeness (QED) is 0.927. The van der Waals surface area contributed by atoms with E-state index >= 15 is 0 Å². The summed E-state index contributed by atoms with van der Waals surface area (Å²) in [6, 6.07) is 4.65. The van der Waals surface area contributed by atoms with Crippen LogP contribution < -0.4 is 10.2 Å². The van der Waals surface area contributed by atoms with Gasteiger partial charge in [0.05, 0.1) is 0 Å². The summed E-state index contributed by atoms with van der Waals surface area (Å²) in [7, 11) is 0. The lowest BCUT2D eigenvalue weighted by molar-refractivity contribution is -0.135. The molecule has 1 fully saturated rings. The zero-order valence-corrected chi connectivity index (χ0v) is 12.6. The van der Waals surface area contributed by atoms with Gasteiger partial charge in [0.25, 0.3) is 0 Å². The molecule has 4 nitrogen and oxygen atoms in total. The van der Waals surface area contributed by atoms with Gasteiger partial charge in [0.1, 0.15) is 17.9 Å². The van der Waals surface area contributed by atoms with Gasteiger partial charge in [-0.1, -0.05) is 27.2 Å². The van der Waals surface area contributed by atoms with Crippen molar-refractivity contribution in [2.24, 2.45) is 5.92 Å². The second-order valence-corrected chi connectivity index (χ2v) is 5.72. The highest BCUT2D eigenvalue weighted by Gasteiger charge is 2.42. The van der Waals surface area contributed by atoms with Crippen molar-refractivity contribution in [3.8, 4) is 0 Å². The van der Waals surface area contributed by atoms with Gasteiger partial charge in [-0.3, -0.25) is 14.5 Å². The molecule has 0 aliphatic carbocycles. The fraction of sp³-hybridized carbons (Fsp3) is 0.500. The Bertz CT molecular complexity index is 528. The van der Waals surface area contributed by atoms with Crippen molar-refractivity contribution in [1.29, 1.82) is 0 Å². The van der Waals surface area contributed by atoms with E-state index in [-0.39, 0.29) is 23.5 Å². The fourth-order valence-electron chi connectivity index (χ4n) is 2.72. The lowest BCUT2D eigenvalue weighted by Gasteiger charge is -2.40. The predicted molar refractivity (Wildman–Crippen MR) is 79.4 cm³/mol. The smallest absolute Gasteiger partial charge is 0.250 e. The van der Waals surface area contributed by atoms with Gasteiger partial charge in [0, 0.05) is 5.69 Å². The number of carbonyl (C=O) groups is 2. The zero-order chi connectivity index (χ0) is 15.6. The van der Waals surface area contributed by atoms with E-state index in [1.54, 1.807) is 12.1 Å². The highest BCUT2D eigenvalue weighted by Crippen LogP contribution is 2.26. The third-order valence-corrected chi connectivity index (χ3v) is 3.71. The number of halogens is 1. The highest BCUT2D eigenvalue weighted by atomic mass is 19.1. The number of nitrogens with one attached hydrogen (secondary N) is 1. The minimum absolute atomic E-state index is 0.0263. The molecule has 0 aromatic heterocycles. The summed E-state index contributed by atoms with van der Waals surface area (Å²) in [5.74, 6) is -0.658. The largest absolute Gasteiger partial charge is 0.342 e. The summed E-state index contributed by atoms with van der Waals surface area (Å²) < 4.78 is 13.1. The van der Waals surface area contributed by atoms with E-state index in [0.717, 1.165) is 6.42 Å². The predicted octanol–water partition coefficient (Wildman–Crippen LogP) is 2.48. The van der Waals surface area contributed by atoms with E-state index in [9.17, 15) is 14.0 Å². The fourth-order valence-corrected chi connectivity index (χ4v) is 2.72. The molecule has 1 saturated heterocycles. The van der Waals surface area contributed by atoms with Crippen LogP contribution in [0.1, 0.15) is 33.6 Å². The first kappa shape index (κ1) is 15.5. The van der Waals surface area contributed by atoms with Gasteiger partial charge in [-0.25, -0.2) is 4.39 Å². The maximum absolute atomic E-state index is 13.1. The molecule has 1 aromatic rings. The Morgan fingerprint density at radius 2 is 1.86 bits per heavy atom. The van der Waals surface area contributed by atoms with Crippen LogP contribution in [0, 0.1) is 11.7 Å². The Morgan fingerprint density at radius 3 is 2.38 bits per heavy atom. The van der Waals surface area contributed by atoms with E-state index in [0.29, 0.717) is 12.1 Å². The molecule has 21 heavy (non-hydrogen) atoms. The number of hydrogen-bond donors (Lipinski definition) is 1. The van der Waals surface area contributed by atoms with Crippen LogP contribution in [0.2, 0.25) is 0 Å². The van der Waals surface area contributed by atoms with Crippen LogP contribution in [0.15, 0.2) is 24.3 Å². The number of piperazine rings is 1. The zero-order valence-electron chi connectivity index (χ0n) is 12.6. The van der Waals surface area contributed by atoms with Crippen molar-refractivity contribution >= 4 is 17.5 Å². The highest BCUT2D eigenvalue weighted by molar-refractivity contribution is 6.08. The molecular formula is C16H21FN2O2. The monoisotopic (exact) mass is 292 g/mol. The summed E-state index contributed by atoms with van der Waals surface area (Å²) in [5, 5.41) is 2.81. The number of rotatable bonds is 4. The first-order valence-electron chi connectivity index (χ1n) is 7.34. The first-order chi connectivity index (χ1) is 9.95. The topological polar surface area (TPSA) is 49.4 Å². The van der Waals surface area contributed by atoms with E-state index < -0.39 is 12.1 Å². The summed E-state index contributed by atoms with van der Waals surface area (Å²) in [6.07, 6.45) is 1.41. The van der Waals surface area contributed by atoms with Crippen LogP contribution >= 0.6 is 0 Å². The molecule has 1 heterocycles. The van der Waals surface area contributed by atoms with Crippen molar-refractivity contribution < 1.29 is 14.0 Å². The molecule has 2 rings (SSSR count). The third-order valence-electron chi connectivity index (χ3n) is 3.71. The maximum Gasteiger partial charge on any atom is 0.250 e. The number of anilines is 1. The van der Waals surface area contributed by atoms with Gasteiger partial charge in [0.2, 0.25) is 11.8 Å². The molecule has 0 radical (unpaired) electrons. The van der Waals surface area contributed by atoms with Crippen molar-refractivity contribution in [3.63, 3.8) is 0 Å². The second-order valence-electron chi connectivity index (χ2n) is 5.72. The average Bonchev–Trinajstić information content (AvgIpc) is 2.43. The van der Waals surface area contributed by atoms with Gasteiger partial charge in [-0.2, -0.15) is 0 Å². The molecule has 2 amide bonds.